The van der Waals surface area contributed by atoms with Gasteiger partial charge in [-0.15, -0.1) is 0 Å². The molecule has 0 saturated heterocycles. The first-order valence-electron chi connectivity index (χ1n) is 8.21. The van der Waals surface area contributed by atoms with Gasteiger partial charge in [-0.2, -0.15) is 0 Å². The molecule has 2 aromatic carbocycles. The van der Waals surface area contributed by atoms with E-state index < -0.39 is 0 Å². The minimum absolute atomic E-state index is 0.0763. The van der Waals surface area contributed by atoms with Crippen molar-refractivity contribution in [3.63, 3.8) is 0 Å². The number of nitrogens with one attached hydrogen (secondary N) is 1. The number of carbonyl (C=O) groups is 1. The Kier molecular flexibility index (Phi) is 7.88. The first kappa shape index (κ1) is 19.4. The van der Waals surface area contributed by atoms with Crippen molar-refractivity contribution < 1.29 is 14.3 Å². The zero-order chi connectivity index (χ0) is 18.1. The van der Waals surface area contributed by atoms with Crippen molar-refractivity contribution in [2.75, 3.05) is 26.2 Å². The fourth-order valence-electron chi connectivity index (χ4n) is 2.47. The number of halogens is 2. The summed E-state index contributed by atoms with van der Waals surface area (Å²) >= 11 is 3.16. The molecule has 2 aromatic rings. The predicted molar refractivity (Wildman–Crippen MR) is 100 cm³/mol. The molecular weight excluding hydrogens is 387 g/mol. The number of aliphatic hydroxyl groups is 1. The fourth-order valence-corrected chi connectivity index (χ4v) is 2.89. The van der Waals surface area contributed by atoms with Crippen LogP contribution in [0.25, 0.3) is 0 Å². The van der Waals surface area contributed by atoms with Gasteiger partial charge in [0.25, 0.3) is 0 Å². The topological polar surface area (TPSA) is 52.6 Å². The molecule has 134 valence electrons. The second kappa shape index (κ2) is 10.2. The van der Waals surface area contributed by atoms with Crippen LogP contribution in [0.1, 0.15) is 11.1 Å². The molecule has 0 spiro atoms. The van der Waals surface area contributed by atoms with Gasteiger partial charge < -0.3 is 15.3 Å². The molecule has 0 unspecified atom stereocenters. The van der Waals surface area contributed by atoms with E-state index in [0.717, 1.165) is 17.5 Å². The molecule has 0 aliphatic carbocycles. The van der Waals surface area contributed by atoms with Gasteiger partial charge in [-0.3, -0.25) is 0 Å². The standard InChI is InChI=1S/C19H22BrFN2O2/c20-17-14-16(6-7-18(17)21)8-10-22-19(25)23(12-13-24)11-9-15-4-2-1-3-5-15/h1-7,14,24H,8-13H2,(H,22,25). The van der Waals surface area contributed by atoms with Crippen LogP contribution in [0, 0.1) is 5.82 Å². The quantitative estimate of drug-likeness (QED) is 0.703. The average Bonchev–Trinajstić information content (AvgIpc) is 2.62. The van der Waals surface area contributed by atoms with Crippen molar-refractivity contribution in [3.8, 4) is 0 Å². The van der Waals surface area contributed by atoms with Crippen LogP contribution >= 0.6 is 15.9 Å². The van der Waals surface area contributed by atoms with Gasteiger partial charge in [-0.1, -0.05) is 36.4 Å². The molecule has 0 aromatic heterocycles. The van der Waals surface area contributed by atoms with Gasteiger partial charge in [0.1, 0.15) is 5.82 Å². The largest absolute Gasteiger partial charge is 0.395 e. The predicted octanol–water partition coefficient (Wildman–Crippen LogP) is 3.38. The third-order valence-electron chi connectivity index (χ3n) is 3.84. The number of aliphatic hydroxyl groups excluding tert-OH is 1. The highest BCUT2D eigenvalue weighted by Crippen LogP contribution is 2.16. The Labute approximate surface area is 155 Å². The zero-order valence-corrected chi connectivity index (χ0v) is 15.5. The summed E-state index contributed by atoms with van der Waals surface area (Å²) in [6.07, 6.45) is 1.34. The first-order chi connectivity index (χ1) is 12.1. The van der Waals surface area contributed by atoms with E-state index in [2.05, 4.69) is 21.2 Å². The lowest BCUT2D eigenvalue weighted by Gasteiger charge is -2.22. The van der Waals surface area contributed by atoms with E-state index in [4.69, 9.17) is 0 Å². The second-order valence-electron chi connectivity index (χ2n) is 5.68. The molecule has 25 heavy (non-hydrogen) atoms. The summed E-state index contributed by atoms with van der Waals surface area (Å²) < 4.78 is 13.6. The summed E-state index contributed by atoms with van der Waals surface area (Å²) in [4.78, 5) is 13.9. The third-order valence-corrected chi connectivity index (χ3v) is 4.45. The number of hydrogen-bond acceptors (Lipinski definition) is 2. The van der Waals surface area contributed by atoms with Crippen LogP contribution in [-0.4, -0.2) is 42.3 Å². The lowest BCUT2D eigenvalue weighted by Crippen LogP contribution is -2.43. The number of carbonyl (C=O) groups excluding carboxylic acids is 1. The third kappa shape index (κ3) is 6.48. The molecule has 6 heteroatoms. The highest BCUT2D eigenvalue weighted by molar-refractivity contribution is 9.10. The van der Waals surface area contributed by atoms with E-state index in [0.29, 0.717) is 30.5 Å². The van der Waals surface area contributed by atoms with Gasteiger partial charge in [-0.25, -0.2) is 9.18 Å². The van der Waals surface area contributed by atoms with Crippen molar-refractivity contribution in [1.82, 2.24) is 10.2 Å². The molecule has 4 nitrogen and oxygen atoms in total. The summed E-state index contributed by atoms with van der Waals surface area (Å²) in [7, 11) is 0. The SMILES string of the molecule is O=C(NCCc1ccc(F)c(Br)c1)N(CCO)CCc1ccccc1. The molecular formula is C19H22BrFN2O2. The number of rotatable bonds is 8. The maximum absolute atomic E-state index is 13.2. The van der Waals surface area contributed by atoms with Crippen LogP contribution in [-0.2, 0) is 12.8 Å². The Morgan fingerprint density at radius 2 is 1.84 bits per heavy atom. The Morgan fingerprint density at radius 3 is 2.52 bits per heavy atom. The van der Waals surface area contributed by atoms with Crippen molar-refractivity contribution in [3.05, 3.63) is 69.9 Å². The summed E-state index contributed by atoms with van der Waals surface area (Å²) in [6, 6.07) is 14.5. The molecule has 0 saturated carbocycles. The number of benzene rings is 2. The summed E-state index contributed by atoms with van der Waals surface area (Å²) in [6.45, 7) is 1.20. The number of nitrogens with zero attached hydrogens (tertiary/aromatic N) is 1. The van der Waals surface area contributed by atoms with Crippen LogP contribution in [0.4, 0.5) is 9.18 Å². The Hall–Kier alpha value is -1.92. The molecule has 0 aliphatic rings. The minimum atomic E-state index is -0.303. The molecule has 2 amide bonds. The average molecular weight is 409 g/mol. The summed E-state index contributed by atoms with van der Waals surface area (Å²) in [5.74, 6) is -0.303. The fraction of sp³-hybridized carbons (Fsp3) is 0.316. The highest BCUT2D eigenvalue weighted by atomic mass is 79.9. The Morgan fingerprint density at radius 1 is 1.08 bits per heavy atom. The normalized spacial score (nSPS) is 10.5. The van der Waals surface area contributed by atoms with Gasteiger partial charge >= 0.3 is 6.03 Å². The molecule has 0 bridgehead atoms. The van der Waals surface area contributed by atoms with Gasteiger partial charge in [0.2, 0.25) is 0 Å². The number of amides is 2. The zero-order valence-electron chi connectivity index (χ0n) is 13.9. The van der Waals surface area contributed by atoms with E-state index in [1.165, 1.54) is 6.07 Å². The van der Waals surface area contributed by atoms with E-state index >= 15 is 0 Å². The maximum Gasteiger partial charge on any atom is 0.317 e. The Bertz CT molecular complexity index is 682. The number of urea groups is 1. The van der Waals surface area contributed by atoms with E-state index in [1.54, 1.807) is 17.0 Å². The molecule has 2 rings (SSSR count). The van der Waals surface area contributed by atoms with Crippen LogP contribution in [0.3, 0.4) is 0 Å². The first-order valence-corrected chi connectivity index (χ1v) is 9.01. The van der Waals surface area contributed by atoms with Gasteiger partial charge in [0.15, 0.2) is 0 Å². The van der Waals surface area contributed by atoms with E-state index in [-0.39, 0.29) is 18.5 Å². The maximum atomic E-state index is 13.2. The van der Waals surface area contributed by atoms with Crippen LogP contribution in [0.2, 0.25) is 0 Å². The molecule has 0 atom stereocenters. The smallest absolute Gasteiger partial charge is 0.317 e. The Balaban J connectivity index is 1.81. The van der Waals surface area contributed by atoms with Crippen LogP contribution < -0.4 is 5.32 Å². The van der Waals surface area contributed by atoms with Crippen molar-refractivity contribution in [2.45, 2.75) is 12.8 Å². The van der Waals surface area contributed by atoms with Crippen molar-refractivity contribution in [2.24, 2.45) is 0 Å². The van der Waals surface area contributed by atoms with Crippen molar-refractivity contribution in [1.29, 1.82) is 0 Å². The molecule has 0 fully saturated rings. The summed E-state index contributed by atoms with van der Waals surface area (Å²) in [5, 5.41) is 12.0. The molecule has 0 aliphatic heterocycles. The summed E-state index contributed by atoms with van der Waals surface area (Å²) in [5.41, 5.74) is 2.08. The van der Waals surface area contributed by atoms with Crippen LogP contribution in [0.5, 0.6) is 0 Å². The van der Waals surface area contributed by atoms with Crippen LogP contribution in [0.15, 0.2) is 53.0 Å². The monoisotopic (exact) mass is 408 g/mol. The molecule has 0 radical (unpaired) electrons. The minimum Gasteiger partial charge on any atom is -0.395 e. The second-order valence-corrected chi connectivity index (χ2v) is 6.53. The number of hydrogen-bond donors (Lipinski definition) is 2. The lowest BCUT2D eigenvalue weighted by atomic mass is 10.1. The van der Waals surface area contributed by atoms with E-state index in [9.17, 15) is 14.3 Å². The van der Waals surface area contributed by atoms with Crippen molar-refractivity contribution >= 4 is 22.0 Å². The van der Waals surface area contributed by atoms with E-state index in [1.807, 2.05) is 30.3 Å². The lowest BCUT2D eigenvalue weighted by molar-refractivity contribution is 0.178. The highest BCUT2D eigenvalue weighted by Gasteiger charge is 2.12. The van der Waals surface area contributed by atoms with Gasteiger partial charge in [0, 0.05) is 19.6 Å². The molecule has 0 heterocycles. The molecule has 2 N–H and O–H groups in total. The van der Waals surface area contributed by atoms with Gasteiger partial charge in [0.05, 0.1) is 11.1 Å². The van der Waals surface area contributed by atoms with Gasteiger partial charge in [-0.05, 0) is 52.0 Å².